The van der Waals surface area contributed by atoms with E-state index >= 15 is 0 Å². The smallest absolute Gasteiger partial charge is 0.271 e. The number of carbonyl (C=O) groups is 1. The molecule has 3 aliphatic rings. The Bertz CT molecular complexity index is 1080. The van der Waals surface area contributed by atoms with Crippen LogP contribution in [0.4, 0.5) is 14.5 Å². The average Bonchev–Trinajstić information content (AvgIpc) is 3.50. The Balaban J connectivity index is 1.40. The highest BCUT2D eigenvalue weighted by atomic mass is 19.3. The number of nitrogens with zero attached hydrogens (tertiary/aromatic N) is 2. The van der Waals surface area contributed by atoms with Gasteiger partial charge in [0, 0.05) is 24.6 Å². The van der Waals surface area contributed by atoms with Crippen molar-refractivity contribution >= 4 is 22.5 Å². The molecule has 2 N–H and O–H groups in total. The number of carbonyl (C=O) groups excluding carboxylic acids is 1. The SMILES string of the molecule is CC(F)(F)C1C=CC=C(C(=O)Nc2cc3cn(C4CCCCC4)nc3cc2OC2CC2)N1. The van der Waals surface area contributed by atoms with E-state index in [4.69, 9.17) is 9.84 Å². The molecule has 1 amide bonds. The summed E-state index contributed by atoms with van der Waals surface area (Å²) in [6, 6.07) is 2.90. The second-order valence-electron chi connectivity index (χ2n) is 9.12. The Kier molecular flexibility index (Phi) is 5.39. The van der Waals surface area contributed by atoms with Crippen LogP contribution >= 0.6 is 0 Å². The van der Waals surface area contributed by atoms with Gasteiger partial charge in [-0.2, -0.15) is 5.10 Å². The van der Waals surface area contributed by atoms with Crippen molar-refractivity contribution in [2.75, 3.05) is 5.32 Å². The van der Waals surface area contributed by atoms with E-state index in [-0.39, 0.29) is 11.8 Å². The van der Waals surface area contributed by atoms with E-state index in [2.05, 4.69) is 10.6 Å². The molecule has 6 nitrogen and oxygen atoms in total. The maximum atomic E-state index is 13.7. The number of dihydropyridines is 1. The van der Waals surface area contributed by atoms with E-state index in [9.17, 15) is 13.6 Å². The first kappa shape index (κ1) is 21.0. The summed E-state index contributed by atoms with van der Waals surface area (Å²) >= 11 is 0. The van der Waals surface area contributed by atoms with Crippen molar-refractivity contribution in [1.29, 1.82) is 0 Å². The molecule has 1 aliphatic heterocycles. The van der Waals surface area contributed by atoms with Crippen LogP contribution in [0.1, 0.15) is 57.9 Å². The molecule has 2 saturated carbocycles. The van der Waals surface area contributed by atoms with Crippen LogP contribution in [0.15, 0.2) is 42.3 Å². The molecule has 8 heteroatoms. The van der Waals surface area contributed by atoms with Gasteiger partial charge in [-0.3, -0.25) is 9.48 Å². The third kappa shape index (κ3) is 4.49. The highest BCUT2D eigenvalue weighted by molar-refractivity contribution is 6.05. The van der Waals surface area contributed by atoms with Gasteiger partial charge in [0.15, 0.2) is 0 Å². The summed E-state index contributed by atoms with van der Waals surface area (Å²) in [7, 11) is 0. The lowest BCUT2D eigenvalue weighted by Gasteiger charge is -2.26. The van der Waals surface area contributed by atoms with Gasteiger partial charge < -0.3 is 15.4 Å². The number of ether oxygens (including phenoxy) is 1. The van der Waals surface area contributed by atoms with Crippen LogP contribution in [0.5, 0.6) is 5.75 Å². The van der Waals surface area contributed by atoms with E-state index < -0.39 is 17.9 Å². The maximum absolute atomic E-state index is 13.7. The van der Waals surface area contributed by atoms with Gasteiger partial charge in [0.25, 0.3) is 11.8 Å². The minimum Gasteiger partial charge on any atom is -0.488 e. The van der Waals surface area contributed by atoms with Crippen LogP contribution < -0.4 is 15.4 Å². The van der Waals surface area contributed by atoms with E-state index in [0.717, 1.165) is 43.5 Å². The van der Waals surface area contributed by atoms with Crippen molar-refractivity contribution in [3.63, 3.8) is 0 Å². The summed E-state index contributed by atoms with van der Waals surface area (Å²) in [6.45, 7) is 0.829. The van der Waals surface area contributed by atoms with Crippen LogP contribution in [0.2, 0.25) is 0 Å². The lowest BCUT2D eigenvalue weighted by molar-refractivity contribution is -0.113. The van der Waals surface area contributed by atoms with Crippen molar-refractivity contribution < 1.29 is 18.3 Å². The number of hydrogen-bond donors (Lipinski definition) is 2. The molecule has 0 radical (unpaired) electrons. The van der Waals surface area contributed by atoms with Gasteiger partial charge >= 0.3 is 0 Å². The predicted molar refractivity (Wildman–Crippen MR) is 119 cm³/mol. The standard InChI is InChI=1S/C24H28F2N4O2/c1-24(25,26)22-9-5-8-18(27-22)23(31)28-20-12-15-14-30(16-6-3-2-4-7-16)29-19(15)13-21(20)32-17-10-11-17/h5,8-9,12-14,16-17,22,27H,2-4,6-7,10-11H2,1H3,(H,28,31). The fourth-order valence-electron chi connectivity index (χ4n) is 4.32. The molecule has 2 aromatic rings. The number of allylic oxidation sites excluding steroid dienone is 2. The molecule has 1 unspecified atom stereocenters. The van der Waals surface area contributed by atoms with Gasteiger partial charge in [0.2, 0.25) is 0 Å². The second kappa shape index (κ2) is 8.22. The summed E-state index contributed by atoms with van der Waals surface area (Å²) in [6.07, 6.45) is 14.4. The summed E-state index contributed by atoms with van der Waals surface area (Å²) in [4.78, 5) is 12.9. The normalized spacial score (nSPS) is 21.8. The number of hydrogen-bond acceptors (Lipinski definition) is 4. The first-order chi connectivity index (χ1) is 15.4. The van der Waals surface area contributed by atoms with Gasteiger partial charge in [0.05, 0.1) is 23.3 Å². The molecule has 2 aliphatic carbocycles. The topological polar surface area (TPSA) is 68.2 Å². The minimum absolute atomic E-state index is 0.0920. The van der Waals surface area contributed by atoms with Crippen LogP contribution in [0.3, 0.4) is 0 Å². The lowest BCUT2D eigenvalue weighted by atomic mass is 9.96. The first-order valence-electron chi connectivity index (χ1n) is 11.4. The zero-order valence-corrected chi connectivity index (χ0v) is 18.1. The number of anilines is 1. The van der Waals surface area contributed by atoms with Crippen LogP contribution in [0.25, 0.3) is 10.9 Å². The van der Waals surface area contributed by atoms with Crippen molar-refractivity contribution in [2.24, 2.45) is 0 Å². The molecule has 0 spiro atoms. The quantitative estimate of drug-likeness (QED) is 0.654. The Hall–Kier alpha value is -2.90. The van der Waals surface area contributed by atoms with E-state index in [1.165, 1.54) is 37.5 Å². The predicted octanol–water partition coefficient (Wildman–Crippen LogP) is 5.09. The number of fused-ring (bicyclic) bond motifs is 1. The molecule has 1 aromatic carbocycles. The summed E-state index contributed by atoms with van der Waals surface area (Å²) in [5, 5.41) is 11.2. The van der Waals surface area contributed by atoms with Gasteiger partial charge in [-0.1, -0.05) is 31.4 Å². The summed E-state index contributed by atoms with van der Waals surface area (Å²) < 4.78 is 35.5. The summed E-state index contributed by atoms with van der Waals surface area (Å²) in [5.41, 5.74) is 1.44. The molecular weight excluding hydrogens is 414 g/mol. The van der Waals surface area contributed by atoms with Gasteiger partial charge in [-0.05, 0) is 37.8 Å². The number of nitrogens with one attached hydrogen (secondary N) is 2. The van der Waals surface area contributed by atoms with Crippen LogP contribution in [0, 0.1) is 0 Å². The third-order valence-electron chi connectivity index (χ3n) is 6.31. The molecule has 0 saturated heterocycles. The molecule has 32 heavy (non-hydrogen) atoms. The molecular formula is C24H28F2N4O2. The zero-order chi connectivity index (χ0) is 22.3. The Labute approximate surface area is 185 Å². The Morgan fingerprint density at radius 3 is 2.72 bits per heavy atom. The van der Waals surface area contributed by atoms with Crippen LogP contribution in [-0.4, -0.2) is 33.8 Å². The van der Waals surface area contributed by atoms with Gasteiger partial charge in [0.1, 0.15) is 17.5 Å². The molecule has 2 fully saturated rings. The zero-order valence-electron chi connectivity index (χ0n) is 18.1. The highest BCUT2D eigenvalue weighted by Gasteiger charge is 2.34. The second-order valence-corrected chi connectivity index (χ2v) is 9.12. The minimum atomic E-state index is -2.98. The maximum Gasteiger partial charge on any atom is 0.271 e. The lowest BCUT2D eigenvalue weighted by Crippen LogP contribution is -2.44. The number of alkyl halides is 2. The van der Waals surface area contributed by atoms with Crippen molar-refractivity contribution in [1.82, 2.24) is 15.1 Å². The van der Waals surface area contributed by atoms with E-state index in [0.29, 0.717) is 17.5 Å². The fraction of sp³-hybridized carbons (Fsp3) is 0.500. The summed E-state index contributed by atoms with van der Waals surface area (Å²) in [5.74, 6) is -2.90. The monoisotopic (exact) mass is 442 g/mol. The van der Waals surface area contributed by atoms with Crippen molar-refractivity contribution in [2.45, 2.75) is 76.0 Å². The number of amides is 1. The Morgan fingerprint density at radius 1 is 1.22 bits per heavy atom. The molecule has 170 valence electrons. The number of benzene rings is 1. The Morgan fingerprint density at radius 2 is 2.00 bits per heavy atom. The van der Waals surface area contributed by atoms with Gasteiger partial charge in [-0.15, -0.1) is 0 Å². The van der Waals surface area contributed by atoms with Crippen LogP contribution in [-0.2, 0) is 4.79 Å². The van der Waals surface area contributed by atoms with E-state index in [1.54, 1.807) is 0 Å². The number of halogens is 2. The van der Waals surface area contributed by atoms with Crippen molar-refractivity contribution in [3.05, 3.63) is 42.3 Å². The number of aromatic nitrogens is 2. The average molecular weight is 443 g/mol. The highest BCUT2D eigenvalue weighted by Crippen LogP contribution is 2.37. The molecule has 1 atom stereocenters. The third-order valence-corrected chi connectivity index (χ3v) is 6.31. The van der Waals surface area contributed by atoms with Gasteiger partial charge in [-0.25, -0.2) is 8.78 Å². The van der Waals surface area contributed by atoms with Crippen molar-refractivity contribution in [3.8, 4) is 5.75 Å². The molecule has 5 rings (SSSR count). The van der Waals surface area contributed by atoms with E-state index in [1.807, 2.05) is 23.0 Å². The fourth-order valence-corrected chi connectivity index (χ4v) is 4.32. The molecule has 1 aromatic heterocycles. The molecule has 2 heterocycles. The number of rotatable bonds is 6. The molecule has 0 bridgehead atoms. The largest absolute Gasteiger partial charge is 0.488 e. The first-order valence-corrected chi connectivity index (χ1v) is 11.4.